The fourth-order valence-corrected chi connectivity index (χ4v) is 2.83. The van der Waals surface area contributed by atoms with Gasteiger partial charge in [-0.25, -0.2) is 4.79 Å². The maximum atomic E-state index is 11.1. The third kappa shape index (κ3) is 5.97. The van der Waals surface area contributed by atoms with Gasteiger partial charge in [-0.3, -0.25) is 0 Å². The zero-order valence-electron chi connectivity index (χ0n) is 15.7. The van der Waals surface area contributed by atoms with Crippen LogP contribution in [0.15, 0.2) is 58.7 Å². The van der Waals surface area contributed by atoms with Gasteiger partial charge in [0.05, 0.1) is 13.2 Å². The normalized spacial score (nSPS) is 22.5. The first-order valence-electron chi connectivity index (χ1n) is 8.36. The highest BCUT2D eigenvalue weighted by Gasteiger charge is 2.30. The molecule has 1 rings (SSSR count). The maximum Gasteiger partial charge on any atom is 0.330 e. The molecule has 0 fully saturated rings. The molecule has 3 heteroatoms. The molecule has 0 aromatic heterocycles. The van der Waals surface area contributed by atoms with Crippen molar-refractivity contribution in [2.45, 2.75) is 53.6 Å². The number of esters is 1. The SMILES string of the molecule is COC(=O)/C=C(\C)C=CC=C(C)C=CC1=C(C)C(O)CCC1(C)C. The second-order valence-electron chi connectivity index (χ2n) is 7.05. The summed E-state index contributed by atoms with van der Waals surface area (Å²) in [5.41, 5.74) is 4.33. The number of methoxy groups -OCH3 is 1. The van der Waals surface area contributed by atoms with Crippen molar-refractivity contribution in [2.75, 3.05) is 7.11 Å². The zero-order valence-corrected chi connectivity index (χ0v) is 15.7. The Morgan fingerprint density at radius 3 is 2.54 bits per heavy atom. The molecule has 1 N–H and O–H groups in total. The molecule has 0 radical (unpaired) electrons. The summed E-state index contributed by atoms with van der Waals surface area (Å²) in [6.07, 6.45) is 12.9. The number of carbonyl (C=O) groups excluding carboxylic acids is 1. The molecule has 1 aliphatic carbocycles. The van der Waals surface area contributed by atoms with Gasteiger partial charge in [0.1, 0.15) is 0 Å². The number of aliphatic hydroxyl groups excluding tert-OH is 1. The van der Waals surface area contributed by atoms with Crippen molar-refractivity contribution in [3.8, 4) is 0 Å². The van der Waals surface area contributed by atoms with E-state index in [-0.39, 0.29) is 17.5 Å². The number of rotatable bonds is 5. The summed E-state index contributed by atoms with van der Waals surface area (Å²) < 4.78 is 4.59. The second-order valence-corrected chi connectivity index (χ2v) is 7.05. The monoisotopic (exact) mass is 330 g/mol. The van der Waals surface area contributed by atoms with Crippen LogP contribution in [0.3, 0.4) is 0 Å². The van der Waals surface area contributed by atoms with Crippen molar-refractivity contribution < 1.29 is 14.6 Å². The molecule has 0 amide bonds. The number of ether oxygens (including phenoxy) is 1. The minimum atomic E-state index is -0.349. The van der Waals surface area contributed by atoms with Crippen LogP contribution in [0.4, 0.5) is 0 Å². The van der Waals surface area contributed by atoms with Gasteiger partial charge in [-0.2, -0.15) is 0 Å². The van der Waals surface area contributed by atoms with Crippen LogP contribution < -0.4 is 0 Å². The lowest BCUT2D eigenvalue weighted by atomic mass is 9.71. The van der Waals surface area contributed by atoms with Crippen molar-refractivity contribution in [2.24, 2.45) is 5.41 Å². The molecular formula is C21H30O3. The first-order chi connectivity index (χ1) is 11.2. The Bertz CT molecular complexity index is 613. The van der Waals surface area contributed by atoms with Gasteiger partial charge >= 0.3 is 5.97 Å². The van der Waals surface area contributed by atoms with Gasteiger partial charge < -0.3 is 9.84 Å². The number of carbonyl (C=O) groups is 1. The summed E-state index contributed by atoms with van der Waals surface area (Å²) in [6.45, 7) is 10.4. The van der Waals surface area contributed by atoms with Crippen LogP contribution in [0.1, 0.15) is 47.5 Å². The van der Waals surface area contributed by atoms with E-state index in [2.05, 4.69) is 30.7 Å². The standard InChI is InChI=1S/C21H30O3/c1-15(8-7-9-16(2)14-20(23)24-6)10-11-18-17(3)19(22)12-13-21(18,4)5/h7-11,14,19,22H,12-13H2,1-6H3/b9-7?,11-10?,15-8?,16-14+. The summed E-state index contributed by atoms with van der Waals surface area (Å²) in [6, 6.07) is 0. The molecule has 1 unspecified atom stereocenters. The van der Waals surface area contributed by atoms with Crippen LogP contribution in [-0.2, 0) is 9.53 Å². The topological polar surface area (TPSA) is 46.5 Å². The summed E-state index contributed by atoms with van der Waals surface area (Å²) in [4.78, 5) is 11.1. The van der Waals surface area contributed by atoms with Gasteiger partial charge in [-0.1, -0.05) is 49.8 Å². The lowest BCUT2D eigenvalue weighted by Crippen LogP contribution is -2.27. The van der Waals surface area contributed by atoms with Crippen LogP contribution in [0, 0.1) is 5.41 Å². The third-order valence-corrected chi connectivity index (χ3v) is 4.47. The van der Waals surface area contributed by atoms with E-state index in [1.165, 1.54) is 18.8 Å². The van der Waals surface area contributed by atoms with Crippen molar-refractivity contribution in [1.29, 1.82) is 0 Å². The Balaban J connectivity index is 2.84. The van der Waals surface area contributed by atoms with Crippen molar-refractivity contribution in [3.63, 3.8) is 0 Å². The molecule has 0 aromatic carbocycles. The fourth-order valence-electron chi connectivity index (χ4n) is 2.83. The molecule has 0 aliphatic heterocycles. The van der Waals surface area contributed by atoms with Gasteiger partial charge in [0.2, 0.25) is 0 Å². The van der Waals surface area contributed by atoms with E-state index in [1.807, 2.05) is 39.0 Å². The van der Waals surface area contributed by atoms with E-state index in [0.717, 1.165) is 29.6 Å². The molecule has 0 spiro atoms. The van der Waals surface area contributed by atoms with Crippen molar-refractivity contribution in [3.05, 3.63) is 58.7 Å². The number of aliphatic hydroxyl groups is 1. The first kappa shape index (κ1) is 20.2. The van der Waals surface area contributed by atoms with E-state index in [1.54, 1.807) is 0 Å². The third-order valence-electron chi connectivity index (χ3n) is 4.47. The van der Waals surface area contributed by atoms with Crippen LogP contribution in [0.5, 0.6) is 0 Å². The first-order valence-corrected chi connectivity index (χ1v) is 8.36. The van der Waals surface area contributed by atoms with Gasteiger partial charge in [0.15, 0.2) is 0 Å². The molecule has 24 heavy (non-hydrogen) atoms. The van der Waals surface area contributed by atoms with Crippen molar-refractivity contribution in [1.82, 2.24) is 0 Å². The minimum absolute atomic E-state index is 0.0930. The van der Waals surface area contributed by atoms with Crippen LogP contribution in [0.25, 0.3) is 0 Å². The average Bonchev–Trinajstić information content (AvgIpc) is 2.51. The lowest BCUT2D eigenvalue weighted by Gasteiger charge is -2.35. The Morgan fingerprint density at radius 2 is 1.92 bits per heavy atom. The number of hydrogen-bond donors (Lipinski definition) is 1. The number of allylic oxidation sites excluding steroid dienone is 8. The number of hydrogen-bond acceptors (Lipinski definition) is 3. The smallest absolute Gasteiger partial charge is 0.330 e. The van der Waals surface area contributed by atoms with E-state index in [0.29, 0.717) is 0 Å². The highest BCUT2D eigenvalue weighted by atomic mass is 16.5. The van der Waals surface area contributed by atoms with Gasteiger partial charge in [-0.15, -0.1) is 0 Å². The van der Waals surface area contributed by atoms with E-state index in [9.17, 15) is 9.90 Å². The van der Waals surface area contributed by atoms with E-state index < -0.39 is 0 Å². The minimum Gasteiger partial charge on any atom is -0.466 e. The predicted molar refractivity (Wildman–Crippen MR) is 99.5 cm³/mol. The summed E-state index contributed by atoms with van der Waals surface area (Å²) in [7, 11) is 1.37. The highest BCUT2D eigenvalue weighted by molar-refractivity contribution is 5.83. The molecule has 3 nitrogen and oxygen atoms in total. The summed E-state index contributed by atoms with van der Waals surface area (Å²) in [5.74, 6) is -0.349. The van der Waals surface area contributed by atoms with Gasteiger partial charge in [0.25, 0.3) is 0 Å². The molecule has 132 valence electrons. The highest BCUT2D eigenvalue weighted by Crippen LogP contribution is 2.40. The Labute approximate surface area is 146 Å². The van der Waals surface area contributed by atoms with E-state index in [4.69, 9.17) is 0 Å². The second kappa shape index (κ2) is 8.84. The summed E-state index contributed by atoms with van der Waals surface area (Å²) in [5, 5.41) is 10.1. The summed E-state index contributed by atoms with van der Waals surface area (Å²) >= 11 is 0. The Morgan fingerprint density at radius 1 is 1.25 bits per heavy atom. The van der Waals surface area contributed by atoms with Crippen LogP contribution in [0.2, 0.25) is 0 Å². The zero-order chi connectivity index (χ0) is 18.3. The Hall–Kier alpha value is -1.87. The van der Waals surface area contributed by atoms with Crippen LogP contribution >= 0.6 is 0 Å². The maximum absolute atomic E-state index is 11.1. The Kier molecular flexibility index (Phi) is 7.43. The van der Waals surface area contributed by atoms with Gasteiger partial charge in [-0.05, 0) is 55.7 Å². The molecule has 0 heterocycles. The van der Waals surface area contributed by atoms with Gasteiger partial charge in [0, 0.05) is 6.08 Å². The van der Waals surface area contributed by atoms with E-state index >= 15 is 0 Å². The predicted octanol–water partition coefficient (Wildman–Crippen LogP) is 4.66. The molecule has 0 saturated heterocycles. The van der Waals surface area contributed by atoms with Crippen LogP contribution in [-0.4, -0.2) is 24.3 Å². The van der Waals surface area contributed by atoms with Crippen molar-refractivity contribution >= 4 is 5.97 Å². The molecule has 1 atom stereocenters. The average molecular weight is 330 g/mol. The fraction of sp³-hybridized carbons (Fsp3) is 0.476. The lowest BCUT2D eigenvalue weighted by molar-refractivity contribution is -0.134. The molecular weight excluding hydrogens is 300 g/mol. The quantitative estimate of drug-likeness (QED) is 0.453. The largest absolute Gasteiger partial charge is 0.466 e. The molecule has 1 aliphatic rings. The molecule has 0 bridgehead atoms. The molecule has 0 saturated carbocycles. The molecule has 0 aromatic rings.